The van der Waals surface area contributed by atoms with Crippen LogP contribution in [0.15, 0.2) is 164 Å². The average Bonchev–Trinajstić information content (AvgIpc) is 3.55. The van der Waals surface area contributed by atoms with E-state index in [9.17, 15) is 0 Å². The Bertz CT molecular complexity index is 2540. The lowest BCUT2D eigenvalue weighted by molar-refractivity contribution is 1.07. The Kier molecular flexibility index (Phi) is 6.39. The van der Waals surface area contributed by atoms with Gasteiger partial charge < -0.3 is 0 Å². The van der Waals surface area contributed by atoms with Gasteiger partial charge in [0.15, 0.2) is 17.5 Å². The van der Waals surface area contributed by atoms with Crippen molar-refractivity contribution in [2.75, 3.05) is 0 Å². The fourth-order valence-corrected chi connectivity index (χ4v) is 6.25. The molecule has 0 radical (unpaired) electrons. The first-order chi connectivity index (χ1) is 23.3. The van der Waals surface area contributed by atoms with E-state index in [1.165, 1.54) is 5.56 Å². The molecular formula is C42H27N5. The fourth-order valence-electron chi connectivity index (χ4n) is 6.25. The molecule has 3 aromatic heterocycles. The molecule has 0 atom stereocenters. The third-order valence-electron chi connectivity index (χ3n) is 8.66. The molecule has 0 amide bonds. The first kappa shape index (κ1) is 26.9. The first-order valence-corrected chi connectivity index (χ1v) is 15.6. The second kappa shape index (κ2) is 11.2. The third-order valence-corrected chi connectivity index (χ3v) is 8.66. The molecule has 220 valence electrons. The van der Waals surface area contributed by atoms with Gasteiger partial charge in [0.25, 0.3) is 0 Å². The number of fused-ring (bicyclic) bond motifs is 5. The molecule has 0 aliphatic carbocycles. The highest BCUT2D eigenvalue weighted by Crippen LogP contribution is 2.31. The van der Waals surface area contributed by atoms with Gasteiger partial charge >= 0.3 is 0 Å². The zero-order valence-electron chi connectivity index (χ0n) is 25.3. The molecule has 0 N–H and O–H groups in total. The number of imidazole rings is 1. The number of para-hydroxylation sites is 2. The van der Waals surface area contributed by atoms with Crippen LogP contribution in [0.3, 0.4) is 0 Å². The number of nitrogens with zero attached hydrogens (tertiary/aromatic N) is 5. The van der Waals surface area contributed by atoms with Crippen LogP contribution in [-0.4, -0.2) is 24.3 Å². The Morgan fingerprint density at radius 1 is 0.319 bits per heavy atom. The van der Waals surface area contributed by atoms with E-state index in [2.05, 4.69) is 126 Å². The lowest BCUT2D eigenvalue weighted by Crippen LogP contribution is -2.00. The molecule has 6 aromatic carbocycles. The minimum Gasteiger partial charge on any atom is -0.292 e. The number of pyridine rings is 1. The minimum absolute atomic E-state index is 0.639. The lowest BCUT2D eigenvalue weighted by Gasteiger charge is -2.10. The van der Waals surface area contributed by atoms with Crippen molar-refractivity contribution in [2.45, 2.75) is 0 Å². The van der Waals surface area contributed by atoms with Crippen LogP contribution in [0, 0.1) is 0 Å². The Labute approximate surface area is 271 Å². The molecule has 3 heterocycles. The number of rotatable bonds is 5. The minimum atomic E-state index is 0.639. The van der Waals surface area contributed by atoms with Crippen molar-refractivity contribution in [3.8, 4) is 56.4 Å². The number of hydrogen-bond donors (Lipinski definition) is 0. The third kappa shape index (κ3) is 4.91. The van der Waals surface area contributed by atoms with E-state index in [1.807, 2.05) is 42.5 Å². The predicted octanol–water partition coefficient (Wildman–Crippen LogP) is 10.2. The first-order valence-electron chi connectivity index (χ1n) is 15.6. The summed E-state index contributed by atoms with van der Waals surface area (Å²) in [5.41, 5.74) is 11.6. The van der Waals surface area contributed by atoms with Gasteiger partial charge in [-0.25, -0.2) is 19.9 Å². The van der Waals surface area contributed by atoms with E-state index in [0.717, 1.165) is 61.0 Å². The molecule has 0 saturated heterocycles. The van der Waals surface area contributed by atoms with Crippen molar-refractivity contribution < 1.29 is 0 Å². The maximum Gasteiger partial charge on any atom is 0.164 e. The number of hydrogen-bond acceptors (Lipinski definition) is 4. The van der Waals surface area contributed by atoms with Gasteiger partial charge in [-0.1, -0.05) is 127 Å². The van der Waals surface area contributed by atoms with E-state index < -0.39 is 0 Å². The largest absolute Gasteiger partial charge is 0.292 e. The molecule has 9 aromatic rings. The summed E-state index contributed by atoms with van der Waals surface area (Å²) in [4.78, 5) is 19.6. The van der Waals surface area contributed by atoms with Gasteiger partial charge in [-0.2, -0.15) is 0 Å². The molecule has 0 fully saturated rings. The summed E-state index contributed by atoms with van der Waals surface area (Å²) in [6, 6.07) is 56.5. The molecule has 5 heteroatoms. The zero-order valence-corrected chi connectivity index (χ0v) is 25.3. The molecular weight excluding hydrogens is 574 g/mol. The summed E-state index contributed by atoms with van der Waals surface area (Å²) in [5, 5.41) is 1.16. The van der Waals surface area contributed by atoms with E-state index >= 15 is 0 Å². The molecule has 0 spiro atoms. The second-order valence-electron chi connectivity index (χ2n) is 11.6. The van der Waals surface area contributed by atoms with Crippen LogP contribution in [-0.2, 0) is 0 Å². The maximum atomic E-state index is 4.96. The molecule has 5 nitrogen and oxygen atoms in total. The summed E-state index contributed by atoms with van der Waals surface area (Å²) in [6.07, 6.45) is 0. The van der Waals surface area contributed by atoms with Gasteiger partial charge in [0.1, 0.15) is 5.65 Å². The zero-order chi connectivity index (χ0) is 31.2. The molecule has 0 unspecified atom stereocenters. The molecule has 9 rings (SSSR count). The van der Waals surface area contributed by atoms with Crippen molar-refractivity contribution >= 4 is 27.6 Å². The molecule has 0 bridgehead atoms. The van der Waals surface area contributed by atoms with Gasteiger partial charge in [0.2, 0.25) is 0 Å². The highest BCUT2D eigenvalue weighted by atomic mass is 15.0. The second-order valence-corrected chi connectivity index (χ2v) is 11.6. The maximum absolute atomic E-state index is 4.96. The SMILES string of the molecule is c1ccc(-c2ccc(-c3nc(-c4ccccc4)nc(-c4ccc(-c5ccc6c(ccc7nc8ccccc8n76)c5)cc4)n3)cc2)cc1. The smallest absolute Gasteiger partial charge is 0.164 e. The number of benzene rings is 6. The Morgan fingerprint density at radius 2 is 0.787 bits per heavy atom. The highest BCUT2D eigenvalue weighted by molar-refractivity contribution is 5.92. The molecule has 47 heavy (non-hydrogen) atoms. The fraction of sp³-hybridized carbons (Fsp3) is 0. The summed E-state index contributed by atoms with van der Waals surface area (Å²) in [7, 11) is 0. The van der Waals surface area contributed by atoms with Crippen molar-refractivity contribution in [2.24, 2.45) is 0 Å². The Hall–Kier alpha value is -6.46. The summed E-state index contributed by atoms with van der Waals surface area (Å²) < 4.78 is 2.23. The van der Waals surface area contributed by atoms with Gasteiger partial charge in [-0.3, -0.25) is 4.40 Å². The van der Waals surface area contributed by atoms with Crippen molar-refractivity contribution in [3.63, 3.8) is 0 Å². The van der Waals surface area contributed by atoms with Crippen LogP contribution in [0.1, 0.15) is 0 Å². The topological polar surface area (TPSA) is 56.0 Å². The van der Waals surface area contributed by atoms with Gasteiger partial charge in [0, 0.05) is 16.7 Å². The van der Waals surface area contributed by atoms with Crippen molar-refractivity contribution in [3.05, 3.63) is 164 Å². The predicted molar refractivity (Wildman–Crippen MR) is 191 cm³/mol. The lowest BCUT2D eigenvalue weighted by atomic mass is 10.0. The quantitative estimate of drug-likeness (QED) is 0.197. The summed E-state index contributed by atoms with van der Waals surface area (Å²) >= 11 is 0. The van der Waals surface area contributed by atoms with Gasteiger partial charge in [-0.05, 0) is 64.0 Å². The Morgan fingerprint density at radius 3 is 1.43 bits per heavy atom. The van der Waals surface area contributed by atoms with Crippen LogP contribution in [0.5, 0.6) is 0 Å². The van der Waals surface area contributed by atoms with Gasteiger partial charge in [-0.15, -0.1) is 0 Å². The summed E-state index contributed by atoms with van der Waals surface area (Å²) in [5.74, 6) is 1.93. The highest BCUT2D eigenvalue weighted by Gasteiger charge is 2.14. The van der Waals surface area contributed by atoms with Crippen molar-refractivity contribution in [1.82, 2.24) is 24.3 Å². The van der Waals surface area contributed by atoms with Crippen LogP contribution < -0.4 is 0 Å². The van der Waals surface area contributed by atoms with E-state index in [1.54, 1.807) is 0 Å². The van der Waals surface area contributed by atoms with Crippen LogP contribution in [0.25, 0.3) is 84.0 Å². The van der Waals surface area contributed by atoms with Crippen LogP contribution in [0.2, 0.25) is 0 Å². The normalized spacial score (nSPS) is 11.4. The van der Waals surface area contributed by atoms with Gasteiger partial charge in [0.05, 0.1) is 16.6 Å². The standard InChI is InChI=1S/C42H27N5/c1-3-9-28(10-4-1)29-15-19-32(20-16-29)41-44-40(31-11-5-2-6-12-31)45-42(46-41)33-21-17-30(18-22-33)34-23-25-37-35(27-34)24-26-39-43-36-13-7-8-14-38(36)47(37)39/h1-27H. The van der Waals surface area contributed by atoms with E-state index in [0.29, 0.717) is 17.5 Å². The Balaban J connectivity index is 1.08. The van der Waals surface area contributed by atoms with E-state index in [-0.39, 0.29) is 0 Å². The molecule has 0 aliphatic rings. The van der Waals surface area contributed by atoms with Crippen LogP contribution in [0.4, 0.5) is 0 Å². The average molecular weight is 602 g/mol. The van der Waals surface area contributed by atoms with Crippen molar-refractivity contribution in [1.29, 1.82) is 0 Å². The molecule has 0 aliphatic heterocycles. The molecule has 0 saturated carbocycles. The number of aromatic nitrogens is 5. The van der Waals surface area contributed by atoms with E-state index in [4.69, 9.17) is 19.9 Å². The van der Waals surface area contributed by atoms with Crippen LogP contribution >= 0.6 is 0 Å². The summed E-state index contributed by atoms with van der Waals surface area (Å²) in [6.45, 7) is 0. The monoisotopic (exact) mass is 601 g/mol.